The van der Waals surface area contributed by atoms with E-state index >= 15 is 0 Å². The van der Waals surface area contributed by atoms with Crippen LogP contribution < -0.4 is 10.2 Å². The second kappa shape index (κ2) is 9.29. The number of hydrogen-bond donors (Lipinski definition) is 1. The Morgan fingerprint density at radius 1 is 1.31 bits per heavy atom. The minimum Gasteiger partial charge on any atom is -0.380 e. The van der Waals surface area contributed by atoms with Crippen molar-refractivity contribution in [3.05, 3.63) is 54.0 Å². The number of nitrogens with one attached hydrogen (secondary N) is 1. The Morgan fingerprint density at radius 2 is 2.23 bits per heavy atom. The van der Waals surface area contributed by atoms with Crippen LogP contribution >= 0.6 is 0 Å². The van der Waals surface area contributed by atoms with Gasteiger partial charge in [0.2, 0.25) is 0 Å². The molecule has 0 saturated carbocycles. The number of nitrogens with zero attached hydrogens (tertiary/aromatic N) is 3. The highest BCUT2D eigenvalue weighted by molar-refractivity contribution is 5.94. The molecule has 0 aliphatic carbocycles. The van der Waals surface area contributed by atoms with Crippen molar-refractivity contribution in [2.24, 2.45) is 0 Å². The first-order chi connectivity index (χ1) is 12.8. The van der Waals surface area contributed by atoms with Crippen LogP contribution in [0.3, 0.4) is 0 Å². The van der Waals surface area contributed by atoms with Gasteiger partial charge in [-0.3, -0.25) is 9.78 Å². The van der Waals surface area contributed by atoms with E-state index in [1.165, 1.54) is 0 Å². The Kier molecular flexibility index (Phi) is 6.55. The van der Waals surface area contributed by atoms with Gasteiger partial charge < -0.3 is 15.0 Å². The summed E-state index contributed by atoms with van der Waals surface area (Å²) in [5.74, 6) is 0.817. The third-order valence-electron chi connectivity index (χ3n) is 4.67. The van der Waals surface area contributed by atoms with Crippen molar-refractivity contribution in [3.63, 3.8) is 0 Å². The van der Waals surface area contributed by atoms with Gasteiger partial charge in [-0.15, -0.1) is 0 Å². The Hall–Kier alpha value is -2.47. The number of aromatic nitrogens is 2. The van der Waals surface area contributed by atoms with Crippen LogP contribution in [0.25, 0.3) is 0 Å². The zero-order valence-corrected chi connectivity index (χ0v) is 15.2. The van der Waals surface area contributed by atoms with Gasteiger partial charge in [-0.1, -0.05) is 6.07 Å². The number of rotatable bonds is 7. The maximum atomic E-state index is 12.2. The molecule has 1 saturated heterocycles. The van der Waals surface area contributed by atoms with Gasteiger partial charge in [-0.25, -0.2) is 4.98 Å². The molecule has 0 radical (unpaired) electrons. The van der Waals surface area contributed by atoms with Gasteiger partial charge >= 0.3 is 0 Å². The second-order valence-corrected chi connectivity index (χ2v) is 6.53. The molecular formula is C20H26N4O2. The van der Waals surface area contributed by atoms with Crippen LogP contribution in [0.15, 0.2) is 42.7 Å². The number of ether oxygens (including phenoxy) is 1. The molecule has 1 amide bonds. The number of amides is 1. The van der Waals surface area contributed by atoms with Gasteiger partial charge in [0.25, 0.3) is 5.91 Å². The smallest absolute Gasteiger partial charge is 0.252 e. The average Bonchev–Trinajstić information content (AvgIpc) is 2.72. The first-order valence-corrected chi connectivity index (χ1v) is 9.18. The van der Waals surface area contributed by atoms with E-state index in [0.29, 0.717) is 12.1 Å². The molecule has 3 rings (SSSR count). The van der Waals surface area contributed by atoms with Gasteiger partial charge in [0, 0.05) is 44.8 Å². The summed E-state index contributed by atoms with van der Waals surface area (Å²) in [6.45, 7) is 2.45. The third kappa shape index (κ3) is 5.02. The van der Waals surface area contributed by atoms with E-state index in [4.69, 9.17) is 4.74 Å². The highest BCUT2D eigenvalue weighted by Gasteiger charge is 2.20. The fraction of sp³-hybridized carbons (Fsp3) is 0.450. The minimum atomic E-state index is -0.0847. The zero-order chi connectivity index (χ0) is 18.2. The average molecular weight is 354 g/mol. The topological polar surface area (TPSA) is 67.3 Å². The molecule has 1 atom stereocenters. The van der Waals surface area contributed by atoms with Crippen molar-refractivity contribution in [1.82, 2.24) is 15.3 Å². The molecule has 0 aromatic carbocycles. The fourth-order valence-electron chi connectivity index (χ4n) is 3.17. The van der Waals surface area contributed by atoms with Crippen molar-refractivity contribution in [2.75, 3.05) is 31.6 Å². The van der Waals surface area contributed by atoms with Crippen LogP contribution in [0.5, 0.6) is 0 Å². The van der Waals surface area contributed by atoms with E-state index in [9.17, 15) is 4.79 Å². The van der Waals surface area contributed by atoms with Crippen molar-refractivity contribution in [3.8, 4) is 0 Å². The number of carbonyl (C=O) groups excluding carboxylic acids is 1. The van der Waals surface area contributed by atoms with Gasteiger partial charge in [0.15, 0.2) is 0 Å². The normalized spacial score (nSPS) is 17.1. The van der Waals surface area contributed by atoms with Crippen LogP contribution in [-0.4, -0.2) is 48.7 Å². The predicted octanol–water partition coefficient (Wildman–Crippen LogP) is 2.45. The van der Waals surface area contributed by atoms with E-state index in [1.807, 2.05) is 30.3 Å². The second-order valence-electron chi connectivity index (χ2n) is 6.53. The van der Waals surface area contributed by atoms with Crippen LogP contribution in [0.2, 0.25) is 0 Å². The number of aryl methyl sites for hydroxylation is 1. The van der Waals surface area contributed by atoms with Crippen LogP contribution in [0.4, 0.5) is 5.82 Å². The summed E-state index contributed by atoms with van der Waals surface area (Å²) in [6.07, 6.45) is 7.60. The third-order valence-corrected chi connectivity index (χ3v) is 4.67. The molecule has 3 heterocycles. The van der Waals surface area contributed by atoms with Crippen molar-refractivity contribution in [1.29, 1.82) is 0 Å². The van der Waals surface area contributed by atoms with Crippen molar-refractivity contribution in [2.45, 2.75) is 31.8 Å². The number of methoxy groups -OCH3 is 1. The first-order valence-electron chi connectivity index (χ1n) is 9.18. The summed E-state index contributed by atoms with van der Waals surface area (Å²) in [4.78, 5) is 23.2. The number of anilines is 1. The van der Waals surface area contributed by atoms with Crippen molar-refractivity contribution < 1.29 is 9.53 Å². The number of carbonyl (C=O) groups is 1. The van der Waals surface area contributed by atoms with Crippen LogP contribution in [0, 0.1) is 0 Å². The Balaban J connectivity index is 1.46. The molecule has 0 bridgehead atoms. The van der Waals surface area contributed by atoms with Gasteiger partial charge in [-0.2, -0.15) is 0 Å². The number of piperidine rings is 1. The summed E-state index contributed by atoms with van der Waals surface area (Å²) in [5.41, 5.74) is 1.63. The molecule has 1 aliphatic heterocycles. The lowest BCUT2D eigenvalue weighted by molar-refractivity contribution is 0.0891. The SMILES string of the molecule is COC1CCCN(c2ccc(C(=O)NCCCc3ccccn3)cn2)C1. The molecule has 0 spiro atoms. The predicted molar refractivity (Wildman–Crippen MR) is 101 cm³/mol. The fourth-order valence-corrected chi connectivity index (χ4v) is 3.17. The van der Waals surface area contributed by atoms with E-state index < -0.39 is 0 Å². The van der Waals surface area contributed by atoms with Crippen LogP contribution in [-0.2, 0) is 11.2 Å². The Morgan fingerprint density at radius 3 is 2.96 bits per heavy atom. The molecule has 1 aliphatic rings. The molecule has 26 heavy (non-hydrogen) atoms. The molecule has 6 nitrogen and oxygen atoms in total. The maximum absolute atomic E-state index is 12.2. The number of hydrogen-bond acceptors (Lipinski definition) is 5. The van der Waals surface area contributed by atoms with E-state index in [-0.39, 0.29) is 12.0 Å². The summed E-state index contributed by atoms with van der Waals surface area (Å²) < 4.78 is 5.45. The summed E-state index contributed by atoms with van der Waals surface area (Å²) in [7, 11) is 1.75. The number of pyridine rings is 2. The zero-order valence-electron chi connectivity index (χ0n) is 15.2. The quantitative estimate of drug-likeness (QED) is 0.774. The Bertz CT molecular complexity index is 691. The van der Waals surface area contributed by atoms with E-state index in [0.717, 1.165) is 50.3 Å². The van der Waals surface area contributed by atoms with Gasteiger partial charge in [0.05, 0.1) is 11.7 Å². The molecule has 138 valence electrons. The molecular weight excluding hydrogens is 328 g/mol. The lowest BCUT2D eigenvalue weighted by Gasteiger charge is -2.32. The first kappa shape index (κ1) is 18.3. The highest BCUT2D eigenvalue weighted by atomic mass is 16.5. The molecule has 6 heteroatoms. The summed E-state index contributed by atoms with van der Waals surface area (Å²) in [6, 6.07) is 9.64. The molecule has 1 N–H and O–H groups in total. The largest absolute Gasteiger partial charge is 0.380 e. The Labute approximate surface area is 154 Å². The van der Waals surface area contributed by atoms with Gasteiger partial charge in [0.1, 0.15) is 5.82 Å². The molecule has 2 aromatic heterocycles. The summed E-state index contributed by atoms with van der Waals surface area (Å²) in [5, 5.41) is 2.94. The molecule has 1 unspecified atom stereocenters. The lowest BCUT2D eigenvalue weighted by Crippen LogP contribution is -2.39. The monoisotopic (exact) mass is 354 g/mol. The van der Waals surface area contributed by atoms with Crippen LogP contribution in [0.1, 0.15) is 35.3 Å². The van der Waals surface area contributed by atoms with E-state index in [1.54, 1.807) is 19.5 Å². The molecule has 1 fully saturated rings. The van der Waals surface area contributed by atoms with Gasteiger partial charge in [-0.05, 0) is 49.9 Å². The van der Waals surface area contributed by atoms with E-state index in [2.05, 4.69) is 20.2 Å². The molecule has 2 aromatic rings. The maximum Gasteiger partial charge on any atom is 0.252 e. The van der Waals surface area contributed by atoms with Crippen molar-refractivity contribution >= 4 is 11.7 Å². The minimum absolute atomic E-state index is 0.0847. The highest BCUT2D eigenvalue weighted by Crippen LogP contribution is 2.19. The summed E-state index contributed by atoms with van der Waals surface area (Å²) >= 11 is 0. The standard InChI is InChI=1S/C20H26N4O2/c1-26-18-8-5-13-24(15-18)19-10-9-16(14-23-19)20(25)22-12-4-7-17-6-2-3-11-21-17/h2-3,6,9-11,14,18H,4-5,7-8,12-13,15H2,1H3,(H,22,25). The lowest BCUT2D eigenvalue weighted by atomic mass is 10.1.